The summed E-state index contributed by atoms with van der Waals surface area (Å²) >= 11 is 0. The highest BCUT2D eigenvalue weighted by molar-refractivity contribution is 7.91. The Bertz CT molecular complexity index is 644. The van der Waals surface area contributed by atoms with Gasteiger partial charge in [-0.25, -0.2) is 18.4 Å². The Morgan fingerprint density at radius 3 is 2.37 bits per heavy atom. The number of benzene rings is 1. The fourth-order valence-electron chi connectivity index (χ4n) is 1.67. The van der Waals surface area contributed by atoms with Crippen LogP contribution in [-0.2, 0) is 22.3 Å². The molecule has 100 valence electrons. The SMILES string of the molecule is NCc1ccccc1CS(=O)(=O)Nc1cncnc1. The molecule has 0 radical (unpaired) electrons. The van der Waals surface area contributed by atoms with Crippen LogP contribution in [0.3, 0.4) is 0 Å². The van der Waals surface area contributed by atoms with Crippen molar-refractivity contribution in [3.05, 3.63) is 54.1 Å². The monoisotopic (exact) mass is 278 g/mol. The molecule has 1 aromatic heterocycles. The number of sulfonamides is 1. The van der Waals surface area contributed by atoms with Gasteiger partial charge in [0, 0.05) is 6.54 Å². The smallest absolute Gasteiger partial charge is 0.237 e. The highest BCUT2D eigenvalue weighted by Gasteiger charge is 2.14. The highest BCUT2D eigenvalue weighted by atomic mass is 32.2. The van der Waals surface area contributed by atoms with Crippen LogP contribution >= 0.6 is 0 Å². The van der Waals surface area contributed by atoms with Crippen LogP contribution in [0.4, 0.5) is 5.69 Å². The third-order valence-electron chi connectivity index (χ3n) is 2.52. The van der Waals surface area contributed by atoms with Gasteiger partial charge in [0.05, 0.1) is 23.8 Å². The first kappa shape index (κ1) is 13.4. The van der Waals surface area contributed by atoms with Crippen LogP contribution in [0.1, 0.15) is 11.1 Å². The molecule has 0 aliphatic carbocycles. The maximum Gasteiger partial charge on any atom is 0.237 e. The van der Waals surface area contributed by atoms with E-state index >= 15 is 0 Å². The Labute approximate surface area is 111 Å². The van der Waals surface area contributed by atoms with Crippen LogP contribution in [0.15, 0.2) is 43.0 Å². The molecule has 0 saturated heterocycles. The highest BCUT2D eigenvalue weighted by Crippen LogP contribution is 2.14. The summed E-state index contributed by atoms with van der Waals surface area (Å²) in [6, 6.07) is 7.19. The predicted octanol–water partition coefficient (Wildman–Crippen LogP) is 0.877. The first-order valence-electron chi connectivity index (χ1n) is 5.63. The summed E-state index contributed by atoms with van der Waals surface area (Å²) in [6.07, 6.45) is 4.14. The molecule has 0 atom stereocenters. The van der Waals surface area contributed by atoms with E-state index in [0.717, 1.165) is 5.56 Å². The van der Waals surface area contributed by atoms with Gasteiger partial charge in [-0.3, -0.25) is 4.72 Å². The van der Waals surface area contributed by atoms with Gasteiger partial charge in [-0.15, -0.1) is 0 Å². The molecule has 0 unspecified atom stereocenters. The first-order chi connectivity index (χ1) is 9.11. The van der Waals surface area contributed by atoms with Gasteiger partial charge in [-0.1, -0.05) is 24.3 Å². The predicted molar refractivity (Wildman–Crippen MR) is 72.6 cm³/mol. The second-order valence-electron chi connectivity index (χ2n) is 3.96. The second-order valence-corrected chi connectivity index (χ2v) is 5.68. The van der Waals surface area contributed by atoms with Gasteiger partial charge in [0.25, 0.3) is 0 Å². The van der Waals surface area contributed by atoms with Crippen molar-refractivity contribution in [2.75, 3.05) is 4.72 Å². The Hall–Kier alpha value is -1.99. The number of nitrogens with two attached hydrogens (primary N) is 1. The van der Waals surface area contributed by atoms with E-state index in [1.807, 2.05) is 12.1 Å². The lowest BCUT2D eigenvalue weighted by atomic mass is 10.1. The largest absolute Gasteiger partial charge is 0.326 e. The molecular formula is C12H14N4O2S. The molecule has 1 aromatic carbocycles. The maximum absolute atomic E-state index is 12.0. The third kappa shape index (κ3) is 3.73. The van der Waals surface area contributed by atoms with Gasteiger partial charge in [0.1, 0.15) is 6.33 Å². The molecule has 2 aromatic rings. The molecular weight excluding hydrogens is 264 g/mol. The van der Waals surface area contributed by atoms with Crippen molar-refractivity contribution < 1.29 is 8.42 Å². The molecule has 0 saturated carbocycles. The average Bonchev–Trinajstić information content (AvgIpc) is 2.39. The van der Waals surface area contributed by atoms with Crippen molar-refractivity contribution >= 4 is 15.7 Å². The summed E-state index contributed by atoms with van der Waals surface area (Å²) in [7, 11) is -3.51. The summed E-state index contributed by atoms with van der Waals surface area (Å²) in [5, 5.41) is 0. The first-order valence-corrected chi connectivity index (χ1v) is 7.28. The van der Waals surface area contributed by atoms with Crippen molar-refractivity contribution in [2.45, 2.75) is 12.3 Å². The zero-order valence-corrected chi connectivity index (χ0v) is 11.0. The van der Waals surface area contributed by atoms with Crippen molar-refractivity contribution in [1.82, 2.24) is 9.97 Å². The number of rotatable bonds is 5. The normalized spacial score (nSPS) is 11.2. The Kier molecular flexibility index (Phi) is 4.08. The molecule has 1 heterocycles. The van der Waals surface area contributed by atoms with E-state index in [-0.39, 0.29) is 5.75 Å². The van der Waals surface area contributed by atoms with Crippen LogP contribution in [0.25, 0.3) is 0 Å². The van der Waals surface area contributed by atoms with Gasteiger partial charge in [-0.05, 0) is 11.1 Å². The molecule has 19 heavy (non-hydrogen) atoms. The van der Waals surface area contributed by atoms with E-state index in [0.29, 0.717) is 17.8 Å². The van der Waals surface area contributed by atoms with Gasteiger partial charge < -0.3 is 5.73 Å². The van der Waals surface area contributed by atoms with E-state index < -0.39 is 10.0 Å². The van der Waals surface area contributed by atoms with Crippen molar-refractivity contribution in [1.29, 1.82) is 0 Å². The lowest BCUT2D eigenvalue weighted by Crippen LogP contribution is -2.16. The minimum atomic E-state index is -3.51. The average molecular weight is 278 g/mol. The molecule has 0 aliphatic heterocycles. The molecule has 0 aliphatic rings. The minimum Gasteiger partial charge on any atom is -0.326 e. The molecule has 3 N–H and O–H groups in total. The van der Waals surface area contributed by atoms with E-state index in [1.165, 1.54) is 18.7 Å². The third-order valence-corrected chi connectivity index (χ3v) is 3.76. The molecule has 0 spiro atoms. The van der Waals surface area contributed by atoms with Crippen LogP contribution in [-0.4, -0.2) is 18.4 Å². The van der Waals surface area contributed by atoms with Crippen molar-refractivity contribution in [2.24, 2.45) is 5.73 Å². The van der Waals surface area contributed by atoms with E-state index in [4.69, 9.17) is 5.73 Å². The fraction of sp³-hybridized carbons (Fsp3) is 0.167. The quantitative estimate of drug-likeness (QED) is 0.846. The molecule has 7 heteroatoms. The maximum atomic E-state index is 12.0. The van der Waals surface area contributed by atoms with Crippen LogP contribution in [0, 0.1) is 0 Å². The van der Waals surface area contributed by atoms with E-state index in [1.54, 1.807) is 12.1 Å². The fourth-order valence-corrected chi connectivity index (χ4v) is 2.90. The number of aromatic nitrogens is 2. The number of hydrogen-bond acceptors (Lipinski definition) is 5. The van der Waals surface area contributed by atoms with Gasteiger partial charge >= 0.3 is 0 Å². The van der Waals surface area contributed by atoms with Crippen LogP contribution in [0.2, 0.25) is 0 Å². The summed E-state index contributed by atoms with van der Waals surface area (Å²) in [4.78, 5) is 7.50. The molecule has 6 nitrogen and oxygen atoms in total. The Morgan fingerprint density at radius 2 is 1.74 bits per heavy atom. The van der Waals surface area contributed by atoms with Crippen molar-refractivity contribution in [3.8, 4) is 0 Å². The molecule has 0 amide bonds. The lowest BCUT2D eigenvalue weighted by molar-refractivity contribution is 0.600. The summed E-state index contributed by atoms with van der Waals surface area (Å²) in [5.74, 6) is -0.130. The van der Waals surface area contributed by atoms with Gasteiger partial charge in [0.15, 0.2) is 0 Å². The van der Waals surface area contributed by atoms with Crippen LogP contribution in [0.5, 0.6) is 0 Å². The topological polar surface area (TPSA) is 98.0 Å². The standard InChI is InChI=1S/C12H14N4O2S/c13-5-10-3-1-2-4-11(10)8-19(17,18)16-12-6-14-9-15-7-12/h1-4,6-7,9,16H,5,8,13H2. The number of hydrogen-bond donors (Lipinski definition) is 2. The number of nitrogens with one attached hydrogen (secondary N) is 1. The van der Waals surface area contributed by atoms with E-state index in [2.05, 4.69) is 14.7 Å². The minimum absolute atomic E-state index is 0.130. The summed E-state index contributed by atoms with van der Waals surface area (Å²) in [5.41, 5.74) is 7.43. The lowest BCUT2D eigenvalue weighted by Gasteiger charge is -2.10. The van der Waals surface area contributed by atoms with Gasteiger partial charge in [0.2, 0.25) is 10.0 Å². The summed E-state index contributed by atoms with van der Waals surface area (Å²) < 4.78 is 26.5. The number of anilines is 1. The van der Waals surface area contributed by atoms with E-state index in [9.17, 15) is 8.42 Å². The zero-order valence-electron chi connectivity index (χ0n) is 10.2. The Morgan fingerprint density at radius 1 is 1.11 bits per heavy atom. The molecule has 2 rings (SSSR count). The second kappa shape index (κ2) is 5.77. The Balaban J connectivity index is 2.18. The zero-order chi connectivity index (χ0) is 13.7. The molecule has 0 fully saturated rings. The van der Waals surface area contributed by atoms with Crippen molar-refractivity contribution in [3.63, 3.8) is 0 Å². The van der Waals surface area contributed by atoms with Gasteiger partial charge in [-0.2, -0.15) is 0 Å². The number of nitrogens with zero attached hydrogens (tertiary/aromatic N) is 2. The summed E-state index contributed by atoms with van der Waals surface area (Å²) in [6.45, 7) is 0.306. The molecule has 0 bridgehead atoms. The van der Waals surface area contributed by atoms with Crippen LogP contribution < -0.4 is 10.5 Å².